The molecule has 6 atom stereocenters. The highest BCUT2D eigenvalue weighted by Crippen LogP contribution is 2.42. The molecule has 8 nitrogen and oxygen atoms in total. The molecular weight excluding hydrogens is 721 g/mol. The maximum Gasteiger partial charge on any atom is 0.272 e. The number of rotatable bonds is 9. The van der Waals surface area contributed by atoms with Gasteiger partial charge in [0.2, 0.25) is 5.91 Å². The minimum absolute atomic E-state index is 0.0234. The minimum atomic E-state index is -2.04. The van der Waals surface area contributed by atoms with E-state index in [1.807, 2.05) is 93.6 Å². The number of nitrogens with one attached hydrogen (secondary N) is 2. The van der Waals surface area contributed by atoms with Crippen LogP contribution in [0.15, 0.2) is 72.8 Å². The zero-order valence-corrected chi connectivity index (χ0v) is 32.4. The second-order valence-electron chi connectivity index (χ2n) is 15.5. The van der Waals surface area contributed by atoms with Crippen LogP contribution < -0.4 is 10.6 Å². The van der Waals surface area contributed by atoms with Crippen LogP contribution in [0.5, 0.6) is 0 Å². The predicted molar refractivity (Wildman–Crippen MR) is 206 cm³/mol. The number of nitrogens with zero attached hydrogens (tertiary/aromatic N) is 1. The standard InChI is InChI=1S/C41H50Cl3N3O5/c1-40(2,3)46-37(49)35-21-20-28-8-5-7-11-34(28)47(35)24-32-22-36(29-14-12-26(25-48)13-15-29)52-38(51-32)30-18-16-27(17-19-30)33-10-6-4-9-31(33)23-45-39(50)41(42,43)44/h4,6,9-10,12-19,28,32,34-36,38,48H,5,7-8,11,20-25H2,1-3H3,(H,45,50)(H,46,49)/t28-,32+,34-,35-,36-,38-/m1/s1. The lowest BCUT2D eigenvalue weighted by molar-refractivity contribution is -0.255. The third-order valence-electron chi connectivity index (χ3n) is 10.5. The molecule has 3 aromatic rings. The molecule has 3 aliphatic rings. The van der Waals surface area contributed by atoms with Crippen molar-refractivity contribution >= 4 is 46.6 Å². The van der Waals surface area contributed by atoms with Gasteiger partial charge < -0.3 is 25.2 Å². The van der Waals surface area contributed by atoms with E-state index in [9.17, 15) is 14.7 Å². The molecule has 0 bridgehead atoms. The number of fused-ring (bicyclic) bond motifs is 1. The summed E-state index contributed by atoms with van der Waals surface area (Å²) in [6.07, 6.45) is 6.23. The lowest BCUT2D eigenvalue weighted by Gasteiger charge is -2.50. The number of benzene rings is 3. The van der Waals surface area contributed by atoms with Gasteiger partial charge >= 0.3 is 0 Å². The molecule has 2 aliphatic heterocycles. The molecule has 1 aliphatic carbocycles. The Morgan fingerprint density at radius 1 is 0.865 bits per heavy atom. The molecule has 6 rings (SSSR count). The van der Waals surface area contributed by atoms with E-state index in [2.05, 4.69) is 15.5 Å². The molecule has 280 valence electrons. The third kappa shape index (κ3) is 9.69. The number of piperidine rings is 1. The fourth-order valence-electron chi connectivity index (χ4n) is 8.05. The first-order valence-electron chi connectivity index (χ1n) is 18.4. The first-order chi connectivity index (χ1) is 24.8. The van der Waals surface area contributed by atoms with Crippen molar-refractivity contribution in [2.45, 2.75) is 119 Å². The van der Waals surface area contributed by atoms with Crippen LogP contribution >= 0.6 is 34.8 Å². The van der Waals surface area contributed by atoms with Gasteiger partial charge in [-0.2, -0.15) is 0 Å². The van der Waals surface area contributed by atoms with Gasteiger partial charge in [0.15, 0.2) is 6.29 Å². The fraction of sp³-hybridized carbons (Fsp3) is 0.512. The van der Waals surface area contributed by atoms with Crippen molar-refractivity contribution in [1.29, 1.82) is 0 Å². The highest BCUT2D eigenvalue weighted by molar-refractivity contribution is 6.76. The Morgan fingerprint density at radius 3 is 2.25 bits per heavy atom. The molecule has 52 heavy (non-hydrogen) atoms. The lowest BCUT2D eigenvalue weighted by Crippen LogP contribution is -2.61. The number of alkyl halides is 3. The Morgan fingerprint density at radius 2 is 1.56 bits per heavy atom. The summed E-state index contributed by atoms with van der Waals surface area (Å²) in [4.78, 5) is 28.5. The van der Waals surface area contributed by atoms with Crippen LogP contribution in [-0.4, -0.2) is 55.9 Å². The zero-order chi connectivity index (χ0) is 37.0. The van der Waals surface area contributed by atoms with Gasteiger partial charge in [0.05, 0.1) is 24.9 Å². The van der Waals surface area contributed by atoms with Gasteiger partial charge in [-0.25, -0.2) is 0 Å². The number of likely N-dealkylation sites (tertiary alicyclic amines) is 1. The smallest absolute Gasteiger partial charge is 0.272 e. The number of halogens is 3. The molecule has 2 amide bonds. The second kappa shape index (κ2) is 16.8. The molecule has 0 aromatic heterocycles. The van der Waals surface area contributed by atoms with E-state index in [1.54, 1.807) is 0 Å². The Bertz CT molecular complexity index is 1670. The molecule has 1 saturated carbocycles. The van der Waals surface area contributed by atoms with Crippen LogP contribution in [0, 0.1) is 5.92 Å². The summed E-state index contributed by atoms with van der Waals surface area (Å²) in [5, 5.41) is 15.6. The van der Waals surface area contributed by atoms with E-state index in [0.717, 1.165) is 52.6 Å². The van der Waals surface area contributed by atoms with E-state index in [-0.39, 0.29) is 42.8 Å². The summed E-state index contributed by atoms with van der Waals surface area (Å²) < 4.78 is 11.5. The summed E-state index contributed by atoms with van der Waals surface area (Å²) in [6, 6.07) is 23.9. The normalized spacial score (nSPS) is 25.6. The Hall–Kier alpha value is -2.69. The van der Waals surface area contributed by atoms with Crippen LogP contribution in [-0.2, 0) is 32.2 Å². The van der Waals surface area contributed by atoms with Gasteiger partial charge in [0.25, 0.3) is 9.70 Å². The summed E-state index contributed by atoms with van der Waals surface area (Å²) in [6.45, 7) is 6.92. The first kappa shape index (κ1) is 39.0. The summed E-state index contributed by atoms with van der Waals surface area (Å²) in [7, 11) is 0. The maximum absolute atomic E-state index is 13.8. The molecule has 3 aromatic carbocycles. The zero-order valence-electron chi connectivity index (χ0n) is 30.1. The SMILES string of the molecule is CC(C)(C)NC(=O)[C@H]1CC[C@H]2CCCC[C@H]2N1C[C@@H]1C[C@H](c2ccc(CO)cc2)O[C@H](c2ccc(-c3ccccc3CNC(=O)C(Cl)(Cl)Cl)cc2)O1. The average Bonchev–Trinajstić information content (AvgIpc) is 3.13. The van der Waals surface area contributed by atoms with Gasteiger partial charge in [-0.3, -0.25) is 14.5 Å². The van der Waals surface area contributed by atoms with E-state index < -0.39 is 16.0 Å². The number of ether oxygens (including phenoxy) is 2. The highest BCUT2D eigenvalue weighted by Gasteiger charge is 2.44. The summed E-state index contributed by atoms with van der Waals surface area (Å²) >= 11 is 17.3. The topological polar surface area (TPSA) is 100 Å². The van der Waals surface area contributed by atoms with Crippen LogP contribution in [0.2, 0.25) is 0 Å². The van der Waals surface area contributed by atoms with Gasteiger partial charge in [0.1, 0.15) is 0 Å². The predicted octanol–water partition coefficient (Wildman–Crippen LogP) is 8.32. The molecule has 0 radical (unpaired) electrons. The number of carbonyl (C=O) groups excluding carboxylic acids is 2. The molecular formula is C41H50Cl3N3O5. The van der Waals surface area contributed by atoms with Gasteiger partial charge in [-0.15, -0.1) is 0 Å². The van der Waals surface area contributed by atoms with E-state index >= 15 is 0 Å². The number of amides is 2. The number of aliphatic hydroxyl groups is 1. The van der Waals surface area contributed by atoms with E-state index in [0.29, 0.717) is 24.9 Å². The molecule has 3 N–H and O–H groups in total. The molecule has 2 heterocycles. The van der Waals surface area contributed by atoms with E-state index in [1.165, 1.54) is 19.3 Å². The van der Waals surface area contributed by atoms with E-state index in [4.69, 9.17) is 44.3 Å². The highest BCUT2D eigenvalue weighted by atomic mass is 35.6. The minimum Gasteiger partial charge on any atom is -0.392 e. The largest absolute Gasteiger partial charge is 0.392 e. The Kier molecular flexibility index (Phi) is 12.6. The van der Waals surface area contributed by atoms with Crippen molar-refractivity contribution in [3.63, 3.8) is 0 Å². The molecule has 0 spiro atoms. The average molecular weight is 771 g/mol. The van der Waals surface area contributed by atoms with Crippen LogP contribution in [0.4, 0.5) is 0 Å². The summed E-state index contributed by atoms with van der Waals surface area (Å²) in [5.41, 5.74) is 5.20. The van der Waals surface area contributed by atoms with Crippen molar-refractivity contribution in [3.8, 4) is 11.1 Å². The first-order valence-corrected chi connectivity index (χ1v) is 19.5. The van der Waals surface area contributed by atoms with Crippen LogP contribution in [0.25, 0.3) is 11.1 Å². The monoisotopic (exact) mass is 769 g/mol. The number of hydrogen-bond donors (Lipinski definition) is 3. The quantitative estimate of drug-likeness (QED) is 0.190. The number of carbonyl (C=O) groups is 2. The van der Waals surface area contributed by atoms with Crippen molar-refractivity contribution in [3.05, 3.63) is 95.1 Å². The van der Waals surface area contributed by atoms with Crippen molar-refractivity contribution in [2.75, 3.05) is 6.54 Å². The van der Waals surface area contributed by atoms with Crippen molar-refractivity contribution in [1.82, 2.24) is 15.5 Å². The van der Waals surface area contributed by atoms with Gasteiger partial charge in [-0.05, 0) is 80.2 Å². The lowest BCUT2D eigenvalue weighted by atomic mass is 9.75. The van der Waals surface area contributed by atoms with Crippen molar-refractivity contribution < 1.29 is 24.2 Å². The maximum atomic E-state index is 13.8. The second-order valence-corrected chi connectivity index (χ2v) is 17.7. The Balaban J connectivity index is 1.26. The van der Waals surface area contributed by atoms with Gasteiger partial charge in [0, 0.05) is 36.7 Å². The summed E-state index contributed by atoms with van der Waals surface area (Å²) in [5.74, 6) is 0.00377. The van der Waals surface area contributed by atoms with Crippen molar-refractivity contribution in [2.24, 2.45) is 5.92 Å². The third-order valence-corrected chi connectivity index (χ3v) is 11.1. The Labute approximate surface area is 322 Å². The molecule has 0 unspecified atom stereocenters. The molecule has 11 heteroatoms. The number of aliphatic hydroxyl groups excluding tert-OH is 1. The van der Waals surface area contributed by atoms with Gasteiger partial charge in [-0.1, -0.05) is 120 Å². The van der Waals surface area contributed by atoms with Crippen LogP contribution in [0.1, 0.15) is 100 Å². The van der Waals surface area contributed by atoms with Crippen LogP contribution in [0.3, 0.4) is 0 Å². The number of hydrogen-bond acceptors (Lipinski definition) is 6. The fourth-order valence-corrected chi connectivity index (χ4v) is 8.25. The molecule has 3 fully saturated rings. The molecule has 2 saturated heterocycles.